The molecular formula is C50H106N4O6S. The first-order valence-electron chi connectivity index (χ1n) is 25.6. The van der Waals surface area contributed by atoms with Crippen molar-refractivity contribution in [3.63, 3.8) is 0 Å². The topological polar surface area (TPSA) is 138 Å². The summed E-state index contributed by atoms with van der Waals surface area (Å²) in [5, 5.41) is 6.16. The van der Waals surface area contributed by atoms with E-state index in [1.165, 1.54) is 154 Å². The average molecular weight is 891 g/mol. The highest BCUT2D eigenvalue weighted by Crippen LogP contribution is 2.16. The van der Waals surface area contributed by atoms with E-state index in [0.29, 0.717) is 12.8 Å². The standard InChI is InChI=1S/2C25H52N2O.H2O4S/c2*1-6-27(4,5)23-19-22-26-25(28)21-18-16-14-12-10-8-7-9-11-13-15-17-20-24(2)3;1-5(2,3)4/h2*24H,6-23H2,1-5H3;(H2,1,2,3,4). The molecule has 10 nitrogen and oxygen atoms in total. The van der Waals surface area contributed by atoms with Gasteiger partial charge in [-0.25, -0.2) is 0 Å². The van der Waals surface area contributed by atoms with Crippen LogP contribution < -0.4 is 10.6 Å². The first kappa shape index (κ1) is 64.0. The summed E-state index contributed by atoms with van der Waals surface area (Å²) in [6.45, 7) is 19.9. The summed E-state index contributed by atoms with van der Waals surface area (Å²) >= 11 is 0. The van der Waals surface area contributed by atoms with Gasteiger partial charge in [0.05, 0.1) is 54.4 Å². The van der Waals surface area contributed by atoms with E-state index in [4.69, 9.17) is 17.5 Å². The molecular weight excluding hydrogens is 785 g/mol. The van der Waals surface area contributed by atoms with Gasteiger partial charge in [0, 0.05) is 49.2 Å². The Morgan fingerprint density at radius 1 is 0.426 bits per heavy atom. The molecule has 0 aromatic heterocycles. The van der Waals surface area contributed by atoms with Crippen LogP contribution in [-0.4, -0.2) is 106 Å². The predicted octanol–water partition coefficient (Wildman–Crippen LogP) is 12.1. The van der Waals surface area contributed by atoms with E-state index in [-0.39, 0.29) is 11.8 Å². The molecule has 0 bridgehead atoms. The average Bonchev–Trinajstić information content (AvgIpc) is 3.17. The summed E-state index contributed by atoms with van der Waals surface area (Å²) in [5.74, 6) is 2.24. The molecule has 0 aromatic rings. The molecule has 2 N–H and O–H groups in total. The van der Waals surface area contributed by atoms with Gasteiger partial charge in [0.15, 0.2) is 0 Å². The third-order valence-corrected chi connectivity index (χ3v) is 12.1. The Balaban J connectivity index is -0.000000991. The molecule has 0 atom stereocenters. The molecule has 11 heteroatoms. The van der Waals surface area contributed by atoms with Crippen LogP contribution in [0.2, 0.25) is 0 Å². The Bertz CT molecular complexity index is 992. The van der Waals surface area contributed by atoms with Crippen LogP contribution >= 0.6 is 0 Å². The highest BCUT2D eigenvalue weighted by Gasteiger charge is 2.12. The molecule has 2 amide bonds. The highest BCUT2D eigenvalue weighted by molar-refractivity contribution is 7.79. The Kier molecular flexibility index (Phi) is 46.1. The van der Waals surface area contributed by atoms with Gasteiger partial charge in [0.25, 0.3) is 0 Å². The molecule has 0 heterocycles. The predicted molar refractivity (Wildman–Crippen MR) is 260 cm³/mol. The maximum Gasteiger partial charge on any atom is 0.219 e. The molecule has 0 aliphatic rings. The Labute approximate surface area is 381 Å². The van der Waals surface area contributed by atoms with Gasteiger partial charge in [-0.05, 0) is 38.5 Å². The molecule has 0 spiro atoms. The smallest absolute Gasteiger partial charge is 0.219 e. The molecule has 0 aliphatic heterocycles. The number of nitrogens with one attached hydrogen (secondary N) is 2. The summed E-state index contributed by atoms with van der Waals surface area (Å²) in [7, 11) is 3.82. The number of hydrogen-bond donors (Lipinski definition) is 2. The fourth-order valence-corrected chi connectivity index (χ4v) is 7.17. The van der Waals surface area contributed by atoms with Crippen molar-refractivity contribution < 1.29 is 36.1 Å². The van der Waals surface area contributed by atoms with Gasteiger partial charge >= 0.3 is 0 Å². The number of nitrogens with zero attached hydrogens (tertiary/aromatic N) is 2. The van der Waals surface area contributed by atoms with Gasteiger partial charge in [-0.1, -0.05) is 182 Å². The summed E-state index contributed by atoms with van der Waals surface area (Å²) in [4.78, 5) is 23.7. The van der Waals surface area contributed by atoms with Crippen LogP contribution in [0.1, 0.15) is 234 Å². The lowest BCUT2D eigenvalue weighted by molar-refractivity contribution is -0.888. The van der Waals surface area contributed by atoms with Crippen molar-refractivity contribution in [2.24, 2.45) is 11.8 Å². The summed E-state index contributed by atoms with van der Waals surface area (Å²) in [6, 6.07) is 0. The number of hydrogen-bond acceptors (Lipinski definition) is 6. The lowest BCUT2D eigenvalue weighted by Gasteiger charge is -2.28. The minimum atomic E-state index is -5.17. The molecule has 0 saturated heterocycles. The largest absolute Gasteiger partial charge is 0.759 e. The molecule has 0 rings (SSSR count). The highest BCUT2D eigenvalue weighted by atomic mass is 32.3. The zero-order valence-corrected chi connectivity index (χ0v) is 43.2. The van der Waals surface area contributed by atoms with Crippen molar-refractivity contribution in [1.82, 2.24) is 10.6 Å². The fraction of sp³-hybridized carbons (Fsp3) is 0.960. The molecule has 0 fully saturated rings. The number of carbonyl (C=O) groups excluding carboxylic acids is 2. The van der Waals surface area contributed by atoms with Gasteiger partial charge in [0.1, 0.15) is 0 Å². The number of unbranched alkanes of at least 4 members (excludes halogenated alkanes) is 22. The second kappa shape index (κ2) is 44.0. The summed E-state index contributed by atoms with van der Waals surface area (Å²) < 4.78 is 36.2. The van der Waals surface area contributed by atoms with Crippen LogP contribution in [-0.2, 0) is 20.0 Å². The van der Waals surface area contributed by atoms with Crippen molar-refractivity contribution in [3.05, 3.63) is 0 Å². The van der Waals surface area contributed by atoms with Gasteiger partial charge in [-0.3, -0.25) is 18.0 Å². The van der Waals surface area contributed by atoms with E-state index in [2.05, 4.69) is 80.4 Å². The summed E-state index contributed by atoms with van der Waals surface area (Å²) in [5.41, 5.74) is 0. The lowest BCUT2D eigenvalue weighted by atomic mass is 10.0. The first-order chi connectivity index (χ1) is 28.7. The van der Waals surface area contributed by atoms with Gasteiger partial charge in [-0.15, -0.1) is 0 Å². The SMILES string of the molecule is CC[N+](C)(C)CCCNC(=O)CCCCCCCCCCCCCCC(C)C.CC[N+](C)(C)CCCNC(=O)CCCCCCCCCCCCCCC(C)C.O=S(=O)([O-])[O-]. The maximum atomic E-state index is 11.9. The minimum absolute atomic E-state index is 0.246. The van der Waals surface area contributed by atoms with Crippen LogP contribution in [0, 0.1) is 11.8 Å². The third kappa shape index (κ3) is 63.1. The second-order valence-corrected chi connectivity index (χ2v) is 20.9. The number of carbonyl (C=O) groups is 2. The zero-order valence-electron chi connectivity index (χ0n) is 42.4. The Morgan fingerprint density at radius 3 is 0.852 bits per heavy atom. The number of amides is 2. The normalized spacial score (nSPS) is 11.9. The van der Waals surface area contributed by atoms with E-state index < -0.39 is 10.4 Å². The number of quaternary nitrogens is 2. The third-order valence-electron chi connectivity index (χ3n) is 12.1. The first-order valence-corrected chi connectivity index (χ1v) is 26.9. The molecule has 0 aliphatic carbocycles. The van der Waals surface area contributed by atoms with E-state index in [1.807, 2.05) is 0 Å². The quantitative estimate of drug-likeness (QED) is 0.0272. The number of rotatable bonds is 40. The van der Waals surface area contributed by atoms with Crippen molar-refractivity contribution in [1.29, 1.82) is 0 Å². The Hall–Kier alpha value is -1.27. The molecule has 0 unspecified atom stereocenters. The molecule has 61 heavy (non-hydrogen) atoms. The molecule has 0 aromatic carbocycles. The van der Waals surface area contributed by atoms with E-state index >= 15 is 0 Å². The van der Waals surface area contributed by atoms with Crippen molar-refractivity contribution in [2.45, 2.75) is 234 Å². The monoisotopic (exact) mass is 891 g/mol. The van der Waals surface area contributed by atoms with Crippen molar-refractivity contribution in [3.8, 4) is 0 Å². The van der Waals surface area contributed by atoms with Gasteiger partial charge < -0.3 is 28.7 Å². The van der Waals surface area contributed by atoms with Crippen LogP contribution in [0.3, 0.4) is 0 Å². The van der Waals surface area contributed by atoms with Crippen molar-refractivity contribution >= 4 is 22.2 Å². The van der Waals surface area contributed by atoms with Crippen LogP contribution in [0.5, 0.6) is 0 Å². The maximum absolute atomic E-state index is 11.9. The summed E-state index contributed by atoms with van der Waals surface area (Å²) in [6.07, 6.45) is 38.9. The van der Waals surface area contributed by atoms with Crippen LogP contribution in [0.4, 0.5) is 0 Å². The van der Waals surface area contributed by atoms with Gasteiger partial charge in [-0.2, -0.15) is 0 Å². The van der Waals surface area contributed by atoms with E-state index in [0.717, 1.165) is 85.8 Å². The van der Waals surface area contributed by atoms with E-state index in [9.17, 15) is 9.59 Å². The van der Waals surface area contributed by atoms with Crippen molar-refractivity contribution in [2.75, 3.05) is 67.5 Å². The lowest BCUT2D eigenvalue weighted by Crippen LogP contribution is -2.41. The van der Waals surface area contributed by atoms with Gasteiger partial charge in [0.2, 0.25) is 11.8 Å². The molecule has 0 radical (unpaired) electrons. The molecule has 0 saturated carbocycles. The van der Waals surface area contributed by atoms with E-state index in [1.54, 1.807) is 0 Å². The fourth-order valence-electron chi connectivity index (χ4n) is 7.17. The van der Waals surface area contributed by atoms with Crippen LogP contribution in [0.15, 0.2) is 0 Å². The Morgan fingerprint density at radius 2 is 0.639 bits per heavy atom. The van der Waals surface area contributed by atoms with Crippen LogP contribution in [0.25, 0.3) is 0 Å². The minimum Gasteiger partial charge on any atom is -0.759 e. The second-order valence-electron chi connectivity index (χ2n) is 20.1. The zero-order chi connectivity index (χ0) is 46.7. The molecule has 368 valence electrons.